The van der Waals surface area contributed by atoms with E-state index in [4.69, 9.17) is 9.15 Å². The lowest BCUT2D eigenvalue weighted by Crippen LogP contribution is -2.39. The smallest absolute Gasteiger partial charge is 0.227 e. The van der Waals surface area contributed by atoms with Crippen molar-refractivity contribution in [3.05, 3.63) is 127 Å². The number of furan rings is 1. The maximum Gasteiger partial charge on any atom is 0.227 e. The molecule has 0 saturated heterocycles. The summed E-state index contributed by atoms with van der Waals surface area (Å²) in [5.41, 5.74) is 5.73. The van der Waals surface area contributed by atoms with Gasteiger partial charge in [-0.3, -0.25) is 4.90 Å². The van der Waals surface area contributed by atoms with E-state index in [0.29, 0.717) is 5.71 Å². The summed E-state index contributed by atoms with van der Waals surface area (Å²) in [6, 6.07) is 33.4. The minimum absolute atomic E-state index is 0.250. The number of benzene rings is 4. The Labute approximate surface area is 212 Å². The number of hydrogen-bond acceptors (Lipinski definition) is 5. The van der Waals surface area contributed by atoms with Crippen molar-refractivity contribution in [2.75, 3.05) is 4.90 Å². The van der Waals surface area contributed by atoms with Gasteiger partial charge in [0.2, 0.25) is 5.71 Å². The Morgan fingerprint density at radius 3 is 2.54 bits per heavy atom. The summed E-state index contributed by atoms with van der Waals surface area (Å²) in [5.74, 6) is 1.82. The molecule has 0 aliphatic carbocycles. The highest BCUT2D eigenvalue weighted by atomic mass is 16.5. The zero-order chi connectivity index (χ0) is 24.3. The second-order valence-corrected chi connectivity index (χ2v) is 9.32. The molecular weight excluding hydrogens is 458 g/mol. The Bertz CT molecular complexity index is 1920. The average molecular weight is 480 g/mol. The van der Waals surface area contributed by atoms with Crippen LogP contribution in [-0.4, -0.2) is 11.2 Å². The summed E-state index contributed by atoms with van der Waals surface area (Å²) in [5, 5.41) is 8.08. The third-order valence-corrected chi connectivity index (χ3v) is 7.15. The van der Waals surface area contributed by atoms with Gasteiger partial charge in [-0.25, -0.2) is 4.98 Å². The van der Waals surface area contributed by atoms with Crippen molar-refractivity contribution >= 4 is 49.8 Å². The van der Waals surface area contributed by atoms with Gasteiger partial charge >= 0.3 is 0 Å². The molecule has 0 fully saturated rings. The van der Waals surface area contributed by atoms with E-state index in [1.54, 1.807) is 6.20 Å². The molecule has 0 bridgehead atoms. The first-order valence-electron chi connectivity index (χ1n) is 12.3. The molecule has 176 valence electrons. The molecule has 2 aromatic heterocycles. The first kappa shape index (κ1) is 20.2. The molecule has 8 rings (SSSR count). The van der Waals surface area contributed by atoms with Crippen molar-refractivity contribution in [1.29, 1.82) is 0 Å². The number of dihydropyridines is 1. The number of pyridine rings is 1. The van der Waals surface area contributed by atoms with Crippen LogP contribution in [0.15, 0.2) is 126 Å². The maximum atomic E-state index is 6.27. The summed E-state index contributed by atoms with van der Waals surface area (Å²) in [7, 11) is 0. The highest BCUT2D eigenvalue weighted by molar-refractivity contribution is 6.04. The minimum atomic E-state index is -0.250. The highest BCUT2D eigenvalue weighted by Crippen LogP contribution is 2.41. The van der Waals surface area contributed by atoms with Crippen LogP contribution in [0, 0.1) is 0 Å². The number of ether oxygens (including phenoxy) is 1. The lowest BCUT2D eigenvalue weighted by atomic mass is 10.0. The molecule has 0 saturated carbocycles. The van der Waals surface area contributed by atoms with Crippen molar-refractivity contribution < 1.29 is 9.15 Å². The summed E-state index contributed by atoms with van der Waals surface area (Å²) in [6.45, 7) is 0. The lowest BCUT2D eigenvalue weighted by molar-refractivity contribution is 0.248. The fourth-order valence-electron chi connectivity index (χ4n) is 5.40. The Hall–Kier alpha value is -5.03. The molecule has 6 aromatic rings. The molecule has 0 spiro atoms. The molecule has 5 nitrogen and oxygen atoms in total. The molecule has 5 heteroatoms. The number of rotatable bonds is 3. The molecule has 1 unspecified atom stereocenters. The Balaban J connectivity index is 1.30. The summed E-state index contributed by atoms with van der Waals surface area (Å²) < 4.78 is 12.4. The maximum absolute atomic E-state index is 6.27. The number of allylic oxidation sites excluding steroid dienone is 2. The largest absolute Gasteiger partial charge is 0.466 e. The third kappa shape index (κ3) is 3.14. The van der Waals surface area contributed by atoms with Gasteiger partial charge in [0.15, 0.2) is 6.23 Å². The number of anilines is 2. The molecule has 0 radical (unpaired) electrons. The van der Waals surface area contributed by atoms with Crippen LogP contribution < -0.4 is 15.0 Å². The number of nitrogens with one attached hydrogen (secondary N) is 1. The topological polar surface area (TPSA) is 50.5 Å². The van der Waals surface area contributed by atoms with Crippen LogP contribution in [0.1, 0.15) is 5.56 Å². The molecule has 1 N–H and O–H groups in total. The predicted molar refractivity (Wildman–Crippen MR) is 148 cm³/mol. The molecule has 4 aromatic carbocycles. The van der Waals surface area contributed by atoms with E-state index in [9.17, 15) is 0 Å². The van der Waals surface area contributed by atoms with Gasteiger partial charge in [-0.2, -0.15) is 0 Å². The van der Waals surface area contributed by atoms with Crippen molar-refractivity contribution in [1.82, 2.24) is 10.3 Å². The van der Waals surface area contributed by atoms with E-state index >= 15 is 0 Å². The standard InChI is InChI=1S/C32H21N3O2/c1-2-7-21-18-22(12-11-20(21)6-1)35(23-13-14-25-26-9-5-17-33-31(26)37-29(25)19-23)30-16-15-27-24-8-3-4-10-28(24)36-32(27)34-30/h1-19,32,34H. The van der Waals surface area contributed by atoms with E-state index in [-0.39, 0.29) is 6.23 Å². The number of aromatic nitrogens is 1. The van der Waals surface area contributed by atoms with Gasteiger partial charge in [-0.15, -0.1) is 0 Å². The minimum Gasteiger partial charge on any atom is -0.466 e. The Morgan fingerprint density at radius 2 is 1.57 bits per heavy atom. The first-order chi connectivity index (χ1) is 18.3. The van der Waals surface area contributed by atoms with Gasteiger partial charge in [-0.1, -0.05) is 48.5 Å². The Kier molecular flexibility index (Phi) is 4.22. The first-order valence-corrected chi connectivity index (χ1v) is 12.3. The van der Waals surface area contributed by atoms with Crippen LogP contribution in [0.4, 0.5) is 11.4 Å². The molecule has 2 aliphatic rings. The predicted octanol–water partition coefficient (Wildman–Crippen LogP) is 7.52. The number of hydrogen-bond donors (Lipinski definition) is 1. The third-order valence-electron chi connectivity index (χ3n) is 7.15. The zero-order valence-electron chi connectivity index (χ0n) is 19.8. The quantitative estimate of drug-likeness (QED) is 0.284. The monoisotopic (exact) mass is 479 g/mol. The van der Waals surface area contributed by atoms with E-state index in [1.807, 2.05) is 30.3 Å². The second kappa shape index (κ2) is 7.73. The summed E-state index contributed by atoms with van der Waals surface area (Å²) >= 11 is 0. The van der Waals surface area contributed by atoms with Crippen LogP contribution in [0.5, 0.6) is 5.75 Å². The van der Waals surface area contributed by atoms with Crippen LogP contribution in [0.3, 0.4) is 0 Å². The van der Waals surface area contributed by atoms with Crippen LogP contribution in [0.25, 0.3) is 38.4 Å². The lowest BCUT2D eigenvalue weighted by Gasteiger charge is -2.32. The average Bonchev–Trinajstić information content (AvgIpc) is 3.50. The second-order valence-electron chi connectivity index (χ2n) is 9.32. The molecule has 0 amide bonds. The van der Waals surface area contributed by atoms with E-state index in [0.717, 1.165) is 50.4 Å². The van der Waals surface area contributed by atoms with Gasteiger partial charge < -0.3 is 14.5 Å². The van der Waals surface area contributed by atoms with Gasteiger partial charge in [0.1, 0.15) is 17.2 Å². The summed E-state index contributed by atoms with van der Waals surface area (Å²) in [4.78, 5) is 6.62. The van der Waals surface area contributed by atoms with E-state index in [1.165, 1.54) is 10.8 Å². The SMILES string of the molecule is C1=C2c3ccccc3OC2NC(N(c2ccc3ccccc3c2)c2ccc3c(c2)oc2ncccc23)=C1. The molecule has 37 heavy (non-hydrogen) atoms. The van der Waals surface area contributed by atoms with E-state index in [2.05, 4.69) is 94.1 Å². The number of nitrogens with zero attached hydrogens (tertiary/aromatic N) is 2. The van der Waals surface area contributed by atoms with Gasteiger partial charge in [-0.05, 0) is 65.4 Å². The van der Waals surface area contributed by atoms with Crippen LogP contribution in [-0.2, 0) is 0 Å². The fraction of sp³-hybridized carbons (Fsp3) is 0.0312. The summed E-state index contributed by atoms with van der Waals surface area (Å²) in [6.07, 6.45) is 5.78. The molecule has 1 atom stereocenters. The van der Waals surface area contributed by atoms with Crippen molar-refractivity contribution in [3.63, 3.8) is 0 Å². The van der Waals surface area contributed by atoms with Crippen molar-refractivity contribution in [2.24, 2.45) is 0 Å². The number of fused-ring (bicyclic) bond motifs is 7. The van der Waals surface area contributed by atoms with Crippen LogP contribution in [0.2, 0.25) is 0 Å². The van der Waals surface area contributed by atoms with Gasteiger partial charge in [0.25, 0.3) is 0 Å². The normalized spacial score (nSPS) is 16.1. The van der Waals surface area contributed by atoms with Crippen LogP contribution >= 0.6 is 0 Å². The highest BCUT2D eigenvalue weighted by Gasteiger charge is 2.32. The number of para-hydroxylation sites is 1. The van der Waals surface area contributed by atoms with Gasteiger partial charge in [0.05, 0.1) is 5.69 Å². The molecular formula is C32H21N3O2. The van der Waals surface area contributed by atoms with Gasteiger partial charge in [0, 0.05) is 39.9 Å². The fourth-order valence-corrected chi connectivity index (χ4v) is 5.40. The van der Waals surface area contributed by atoms with Crippen molar-refractivity contribution in [2.45, 2.75) is 6.23 Å². The van der Waals surface area contributed by atoms with E-state index < -0.39 is 0 Å². The van der Waals surface area contributed by atoms with Crippen molar-refractivity contribution in [3.8, 4) is 5.75 Å². The molecule has 2 aliphatic heterocycles. The zero-order valence-corrected chi connectivity index (χ0v) is 19.8. The Morgan fingerprint density at radius 1 is 0.730 bits per heavy atom. The molecule has 4 heterocycles.